The Morgan fingerprint density at radius 3 is 2.18 bits per heavy atom. The SMILES string of the molecule is CCCOC(=O)OOOC(C)(C)CC(C)(C)C. The van der Waals surface area contributed by atoms with Gasteiger partial charge in [0, 0.05) is 0 Å². The molecule has 0 fully saturated rings. The van der Waals surface area contributed by atoms with E-state index in [1.54, 1.807) is 0 Å². The summed E-state index contributed by atoms with van der Waals surface area (Å²) in [5.41, 5.74) is -0.446. The van der Waals surface area contributed by atoms with Gasteiger partial charge in [-0.2, -0.15) is 4.89 Å². The molecular weight excluding hydrogens is 224 g/mol. The number of rotatable bonds is 6. The standard InChI is InChI=1S/C12H24O5/c1-7-8-14-10(13)15-17-16-12(5,6)9-11(2,3)4/h7-9H2,1-6H3. The van der Waals surface area contributed by atoms with Crippen LogP contribution in [0.1, 0.15) is 54.4 Å². The fourth-order valence-corrected chi connectivity index (χ4v) is 1.65. The third kappa shape index (κ3) is 10.1. The second kappa shape index (κ2) is 6.81. The van der Waals surface area contributed by atoms with Crippen LogP contribution in [-0.4, -0.2) is 18.4 Å². The topological polar surface area (TPSA) is 54.0 Å². The molecule has 0 bridgehead atoms. The Balaban J connectivity index is 3.83. The van der Waals surface area contributed by atoms with Crippen molar-refractivity contribution in [2.75, 3.05) is 6.61 Å². The van der Waals surface area contributed by atoms with E-state index in [-0.39, 0.29) is 5.41 Å². The van der Waals surface area contributed by atoms with Crippen LogP contribution in [0.25, 0.3) is 0 Å². The molecule has 0 aromatic heterocycles. The third-order valence-corrected chi connectivity index (χ3v) is 1.74. The molecule has 0 heterocycles. The molecule has 5 nitrogen and oxygen atoms in total. The minimum atomic E-state index is -0.890. The molecule has 0 aromatic rings. The predicted molar refractivity (Wildman–Crippen MR) is 63.0 cm³/mol. The number of carbonyl (C=O) groups is 1. The quantitative estimate of drug-likeness (QED) is 0.408. The predicted octanol–water partition coefficient (Wildman–Crippen LogP) is 3.63. The van der Waals surface area contributed by atoms with E-state index in [0.717, 1.165) is 12.8 Å². The van der Waals surface area contributed by atoms with E-state index in [0.29, 0.717) is 6.61 Å². The highest BCUT2D eigenvalue weighted by Gasteiger charge is 2.28. The fraction of sp³-hybridized carbons (Fsp3) is 0.917. The van der Waals surface area contributed by atoms with Gasteiger partial charge in [0.15, 0.2) is 0 Å². The lowest BCUT2D eigenvalue weighted by Gasteiger charge is -2.29. The lowest BCUT2D eigenvalue weighted by Crippen LogP contribution is -2.30. The number of ether oxygens (including phenoxy) is 1. The molecule has 0 aliphatic heterocycles. The van der Waals surface area contributed by atoms with Crippen LogP contribution in [0.15, 0.2) is 0 Å². The third-order valence-electron chi connectivity index (χ3n) is 1.74. The number of hydrogen-bond acceptors (Lipinski definition) is 5. The van der Waals surface area contributed by atoms with Crippen molar-refractivity contribution in [2.24, 2.45) is 5.41 Å². The molecule has 0 amide bonds. The average molecular weight is 248 g/mol. The first-order chi connectivity index (χ1) is 7.66. The second-order valence-electron chi connectivity index (χ2n) is 5.83. The van der Waals surface area contributed by atoms with Crippen LogP contribution < -0.4 is 0 Å². The van der Waals surface area contributed by atoms with E-state index in [1.807, 2.05) is 20.8 Å². The van der Waals surface area contributed by atoms with Gasteiger partial charge < -0.3 is 4.74 Å². The zero-order chi connectivity index (χ0) is 13.5. The molecule has 0 rings (SSSR count). The summed E-state index contributed by atoms with van der Waals surface area (Å²) in [7, 11) is 0. The smallest absolute Gasteiger partial charge is 0.432 e. The zero-order valence-corrected chi connectivity index (χ0v) is 11.7. The van der Waals surface area contributed by atoms with E-state index < -0.39 is 11.8 Å². The maximum Gasteiger partial charge on any atom is 0.542 e. The van der Waals surface area contributed by atoms with Crippen LogP contribution in [0.4, 0.5) is 4.79 Å². The summed E-state index contributed by atoms with van der Waals surface area (Å²) in [6, 6.07) is 0. The monoisotopic (exact) mass is 248 g/mol. The Hall–Kier alpha value is -0.810. The molecule has 5 heteroatoms. The highest BCUT2D eigenvalue weighted by atomic mass is 17.5. The molecule has 0 aliphatic carbocycles. The highest BCUT2D eigenvalue weighted by molar-refractivity contribution is 5.58. The normalized spacial score (nSPS) is 12.4. The van der Waals surface area contributed by atoms with Gasteiger partial charge in [0.1, 0.15) is 5.60 Å². The van der Waals surface area contributed by atoms with Gasteiger partial charge in [-0.25, -0.2) is 9.68 Å². The van der Waals surface area contributed by atoms with Gasteiger partial charge in [0.05, 0.1) is 6.61 Å². The van der Waals surface area contributed by atoms with Gasteiger partial charge in [0.2, 0.25) is 0 Å². The van der Waals surface area contributed by atoms with Crippen molar-refractivity contribution >= 4 is 6.16 Å². The van der Waals surface area contributed by atoms with E-state index in [2.05, 4.69) is 35.4 Å². The van der Waals surface area contributed by atoms with Crippen molar-refractivity contribution < 1.29 is 24.3 Å². The average Bonchev–Trinajstić information content (AvgIpc) is 2.10. The van der Waals surface area contributed by atoms with E-state index in [4.69, 9.17) is 4.89 Å². The van der Waals surface area contributed by atoms with Crippen LogP contribution in [0, 0.1) is 5.41 Å². The van der Waals surface area contributed by atoms with Crippen molar-refractivity contribution in [3.8, 4) is 0 Å². The summed E-state index contributed by atoms with van der Waals surface area (Å²) < 4.78 is 4.64. The number of carbonyl (C=O) groups excluding carboxylic acids is 1. The first kappa shape index (κ1) is 16.2. The summed E-state index contributed by atoms with van der Waals surface area (Å²) in [5.74, 6) is 0. The maximum absolute atomic E-state index is 10.9. The molecule has 0 aliphatic rings. The van der Waals surface area contributed by atoms with Crippen molar-refractivity contribution in [3.63, 3.8) is 0 Å². The van der Waals surface area contributed by atoms with Crippen LogP contribution >= 0.6 is 0 Å². The summed E-state index contributed by atoms with van der Waals surface area (Å²) in [6.45, 7) is 12.2. The molecule has 0 saturated heterocycles. The van der Waals surface area contributed by atoms with Crippen LogP contribution in [0.5, 0.6) is 0 Å². The Kier molecular flexibility index (Phi) is 6.49. The van der Waals surface area contributed by atoms with E-state index in [1.165, 1.54) is 0 Å². The van der Waals surface area contributed by atoms with Gasteiger partial charge in [-0.15, -0.1) is 0 Å². The first-order valence-electron chi connectivity index (χ1n) is 5.85. The summed E-state index contributed by atoms with van der Waals surface area (Å²) in [5, 5.41) is 4.43. The Morgan fingerprint density at radius 1 is 1.12 bits per heavy atom. The highest BCUT2D eigenvalue weighted by Crippen LogP contribution is 2.29. The Bertz CT molecular complexity index is 230. The lowest BCUT2D eigenvalue weighted by molar-refractivity contribution is -0.518. The van der Waals surface area contributed by atoms with Gasteiger partial charge in [-0.3, -0.25) is 0 Å². The Morgan fingerprint density at radius 2 is 1.71 bits per heavy atom. The summed E-state index contributed by atoms with van der Waals surface area (Å²) >= 11 is 0. The summed E-state index contributed by atoms with van der Waals surface area (Å²) in [6.07, 6.45) is 0.595. The molecule has 0 unspecified atom stereocenters. The van der Waals surface area contributed by atoms with Gasteiger partial charge in [-0.1, -0.05) is 27.7 Å². The molecule has 0 aromatic carbocycles. The molecule has 0 radical (unpaired) electrons. The fourth-order valence-electron chi connectivity index (χ4n) is 1.65. The van der Waals surface area contributed by atoms with E-state index in [9.17, 15) is 4.79 Å². The second-order valence-corrected chi connectivity index (χ2v) is 5.83. The van der Waals surface area contributed by atoms with Crippen molar-refractivity contribution in [1.82, 2.24) is 0 Å². The van der Waals surface area contributed by atoms with E-state index >= 15 is 0 Å². The van der Waals surface area contributed by atoms with Gasteiger partial charge in [-0.05, 0) is 37.1 Å². The van der Waals surface area contributed by atoms with Crippen molar-refractivity contribution in [1.29, 1.82) is 0 Å². The van der Waals surface area contributed by atoms with Crippen LogP contribution in [0.2, 0.25) is 0 Å². The largest absolute Gasteiger partial charge is 0.542 e. The first-order valence-corrected chi connectivity index (χ1v) is 5.85. The molecule has 17 heavy (non-hydrogen) atoms. The molecule has 0 spiro atoms. The van der Waals surface area contributed by atoms with Gasteiger partial charge >= 0.3 is 6.16 Å². The minimum absolute atomic E-state index is 0.0928. The van der Waals surface area contributed by atoms with Crippen molar-refractivity contribution in [2.45, 2.75) is 60.0 Å². The van der Waals surface area contributed by atoms with Crippen LogP contribution in [-0.2, 0) is 19.6 Å². The van der Waals surface area contributed by atoms with Gasteiger partial charge in [0.25, 0.3) is 0 Å². The molecular formula is C12H24O5. The number of hydrogen-bond donors (Lipinski definition) is 0. The summed E-state index contributed by atoms with van der Waals surface area (Å²) in [4.78, 5) is 20.3. The minimum Gasteiger partial charge on any atom is -0.432 e. The molecule has 0 N–H and O–H groups in total. The molecule has 0 atom stereocenters. The van der Waals surface area contributed by atoms with Crippen LogP contribution in [0.3, 0.4) is 0 Å². The maximum atomic E-state index is 10.9. The zero-order valence-electron chi connectivity index (χ0n) is 11.7. The lowest BCUT2D eigenvalue weighted by atomic mass is 9.84. The van der Waals surface area contributed by atoms with Crippen molar-refractivity contribution in [3.05, 3.63) is 0 Å². The molecule has 0 saturated carbocycles. The Labute approximate surface area is 103 Å². The molecule has 102 valence electrons.